The Morgan fingerprint density at radius 1 is 1.27 bits per heavy atom. The summed E-state index contributed by atoms with van der Waals surface area (Å²) in [6.45, 7) is 11.5. The van der Waals surface area contributed by atoms with Gasteiger partial charge in [0.25, 0.3) is 0 Å². The van der Waals surface area contributed by atoms with Gasteiger partial charge in [0.05, 0.1) is 24.4 Å². The van der Waals surface area contributed by atoms with Gasteiger partial charge >= 0.3 is 6.09 Å². The van der Waals surface area contributed by atoms with E-state index < -0.39 is 5.60 Å². The lowest BCUT2D eigenvalue weighted by atomic mass is 9.94. The second-order valence-corrected chi connectivity index (χ2v) is 8.34. The van der Waals surface area contributed by atoms with Gasteiger partial charge in [-0.25, -0.2) is 4.79 Å². The second-order valence-electron chi connectivity index (χ2n) is 7.57. The fraction of sp³-hybridized carbons (Fsp3) is 0.938. The summed E-state index contributed by atoms with van der Waals surface area (Å²) in [6, 6.07) is 0. The van der Waals surface area contributed by atoms with Gasteiger partial charge < -0.3 is 19.1 Å². The SMILES string of the molecule is COC(C)(C)COC1(CI)CCCN(C(=O)OC(C)(C)C)C1. The summed E-state index contributed by atoms with van der Waals surface area (Å²) in [7, 11) is 1.69. The van der Waals surface area contributed by atoms with Crippen molar-refractivity contribution < 1.29 is 19.0 Å². The fourth-order valence-electron chi connectivity index (χ4n) is 2.23. The Kier molecular flexibility index (Phi) is 6.95. The molecule has 0 bridgehead atoms. The number of hydrogen-bond donors (Lipinski definition) is 0. The average molecular weight is 427 g/mol. The molecule has 0 aromatic carbocycles. The summed E-state index contributed by atoms with van der Waals surface area (Å²) in [5.41, 5.74) is -1.11. The first-order valence-corrected chi connectivity index (χ1v) is 9.28. The zero-order valence-corrected chi connectivity index (χ0v) is 16.9. The Labute approximate surface area is 148 Å². The van der Waals surface area contributed by atoms with Crippen LogP contribution < -0.4 is 0 Å². The van der Waals surface area contributed by atoms with Gasteiger partial charge in [0.1, 0.15) is 5.60 Å². The number of carbonyl (C=O) groups is 1. The van der Waals surface area contributed by atoms with Crippen LogP contribution in [0, 0.1) is 0 Å². The van der Waals surface area contributed by atoms with E-state index in [1.807, 2.05) is 34.6 Å². The quantitative estimate of drug-likeness (QED) is 0.497. The number of halogens is 1. The number of methoxy groups -OCH3 is 1. The van der Waals surface area contributed by atoms with Crippen LogP contribution in [-0.2, 0) is 14.2 Å². The Morgan fingerprint density at radius 3 is 2.41 bits per heavy atom. The molecule has 130 valence electrons. The maximum Gasteiger partial charge on any atom is 0.410 e. The van der Waals surface area contributed by atoms with Crippen LogP contribution >= 0.6 is 22.6 Å². The predicted octanol–water partition coefficient (Wildman–Crippen LogP) is 3.63. The molecule has 5 nitrogen and oxygen atoms in total. The lowest BCUT2D eigenvalue weighted by Crippen LogP contribution is -2.55. The number of alkyl halides is 1. The van der Waals surface area contributed by atoms with E-state index in [0.29, 0.717) is 13.2 Å². The molecular weight excluding hydrogens is 397 g/mol. The molecule has 0 N–H and O–H groups in total. The van der Waals surface area contributed by atoms with Crippen molar-refractivity contribution in [1.29, 1.82) is 0 Å². The van der Waals surface area contributed by atoms with Crippen molar-refractivity contribution in [3.63, 3.8) is 0 Å². The van der Waals surface area contributed by atoms with Crippen LogP contribution in [0.15, 0.2) is 0 Å². The molecule has 1 aliphatic rings. The highest BCUT2D eigenvalue weighted by Crippen LogP contribution is 2.30. The number of piperidine rings is 1. The summed E-state index contributed by atoms with van der Waals surface area (Å²) in [4.78, 5) is 14.1. The molecule has 6 heteroatoms. The summed E-state index contributed by atoms with van der Waals surface area (Å²) in [5, 5.41) is 0. The van der Waals surface area contributed by atoms with E-state index >= 15 is 0 Å². The van der Waals surface area contributed by atoms with Gasteiger partial charge in [-0.2, -0.15) is 0 Å². The minimum atomic E-state index is -0.472. The van der Waals surface area contributed by atoms with Gasteiger partial charge in [0.15, 0.2) is 0 Å². The second kappa shape index (κ2) is 7.66. The van der Waals surface area contributed by atoms with E-state index in [2.05, 4.69) is 22.6 Å². The first kappa shape index (κ1) is 20.0. The molecule has 0 aromatic heterocycles. The largest absolute Gasteiger partial charge is 0.444 e. The van der Waals surface area contributed by atoms with E-state index in [4.69, 9.17) is 14.2 Å². The van der Waals surface area contributed by atoms with Gasteiger partial charge in [0.2, 0.25) is 0 Å². The molecule has 1 unspecified atom stereocenters. The monoisotopic (exact) mass is 427 g/mol. The number of amides is 1. The molecule has 1 saturated heterocycles. The van der Waals surface area contributed by atoms with Gasteiger partial charge in [-0.15, -0.1) is 0 Å². The summed E-state index contributed by atoms with van der Waals surface area (Å²) in [6.07, 6.45) is 1.63. The van der Waals surface area contributed by atoms with E-state index in [1.54, 1.807) is 12.0 Å². The van der Waals surface area contributed by atoms with Crippen molar-refractivity contribution >= 4 is 28.7 Å². The fourth-order valence-corrected chi connectivity index (χ4v) is 3.07. The Morgan fingerprint density at radius 2 is 1.91 bits per heavy atom. The molecule has 0 spiro atoms. The first-order valence-electron chi connectivity index (χ1n) is 7.76. The molecule has 1 heterocycles. The van der Waals surface area contributed by atoms with Crippen molar-refractivity contribution in [2.24, 2.45) is 0 Å². The number of likely N-dealkylation sites (tertiary alicyclic amines) is 1. The molecule has 0 aromatic rings. The Balaban J connectivity index is 2.70. The van der Waals surface area contributed by atoms with Crippen LogP contribution in [0.5, 0.6) is 0 Å². The zero-order valence-electron chi connectivity index (χ0n) is 14.7. The minimum absolute atomic E-state index is 0.254. The Hall–Kier alpha value is -0.0800. The topological polar surface area (TPSA) is 48.0 Å². The lowest BCUT2D eigenvalue weighted by Gasteiger charge is -2.43. The first-order chi connectivity index (χ1) is 10.0. The van der Waals surface area contributed by atoms with Gasteiger partial charge in [-0.05, 0) is 47.5 Å². The molecule has 22 heavy (non-hydrogen) atoms. The lowest BCUT2D eigenvalue weighted by molar-refractivity contribution is -0.129. The third-order valence-electron chi connectivity index (χ3n) is 3.71. The molecule has 1 atom stereocenters. The maximum atomic E-state index is 12.3. The minimum Gasteiger partial charge on any atom is -0.444 e. The maximum absolute atomic E-state index is 12.3. The number of nitrogens with zero attached hydrogens (tertiary/aromatic N) is 1. The summed E-state index contributed by atoms with van der Waals surface area (Å²) < 4.78 is 18.0. The standard InChI is InChI=1S/C16H30INO4/c1-14(2,3)22-13(19)18-9-7-8-16(10-17,11-18)21-12-15(4,5)20-6/h7-12H2,1-6H3. The number of carbonyl (C=O) groups excluding carboxylic acids is 1. The van der Waals surface area contributed by atoms with Gasteiger partial charge in [0, 0.05) is 18.1 Å². The molecule has 1 aliphatic heterocycles. The number of hydrogen-bond acceptors (Lipinski definition) is 4. The van der Waals surface area contributed by atoms with E-state index in [1.165, 1.54) is 0 Å². The van der Waals surface area contributed by atoms with Crippen LogP contribution in [0.4, 0.5) is 4.79 Å². The van der Waals surface area contributed by atoms with Crippen molar-refractivity contribution in [2.45, 2.75) is 64.3 Å². The van der Waals surface area contributed by atoms with E-state index in [0.717, 1.165) is 23.8 Å². The highest BCUT2D eigenvalue weighted by molar-refractivity contribution is 14.1. The van der Waals surface area contributed by atoms with Crippen LogP contribution in [0.1, 0.15) is 47.5 Å². The van der Waals surface area contributed by atoms with E-state index in [9.17, 15) is 4.79 Å². The molecule has 1 amide bonds. The zero-order chi connectivity index (χ0) is 17.0. The molecule has 1 rings (SSSR count). The molecule has 0 radical (unpaired) electrons. The number of ether oxygens (including phenoxy) is 3. The molecule has 0 aliphatic carbocycles. The predicted molar refractivity (Wildman–Crippen MR) is 95.7 cm³/mol. The van der Waals surface area contributed by atoms with Crippen LogP contribution in [0.3, 0.4) is 0 Å². The Bertz CT molecular complexity index is 381. The van der Waals surface area contributed by atoms with Crippen molar-refractivity contribution in [1.82, 2.24) is 4.90 Å². The summed E-state index contributed by atoms with van der Waals surface area (Å²) in [5.74, 6) is 0. The highest BCUT2D eigenvalue weighted by Gasteiger charge is 2.39. The highest BCUT2D eigenvalue weighted by atomic mass is 127. The smallest absolute Gasteiger partial charge is 0.410 e. The molecule has 1 fully saturated rings. The number of rotatable bonds is 5. The van der Waals surface area contributed by atoms with Gasteiger partial charge in [-0.1, -0.05) is 22.6 Å². The van der Waals surface area contributed by atoms with Crippen molar-refractivity contribution in [3.8, 4) is 0 Å². The van der Waals surface area contributed by atoms with Crippen LogP contribution in [0.2, 0.25) is 0 Å². The van der Waals surface area contributed by atoms with Gasteiger partial charge in [-0.3, -0.25) is 0 Å². The van der Waals surface area contributed by atoms with Crippen LogP contribution in [0.25, 0.3) is 0 Å². The third-order valence-corrected chi connectivity index (χ3v) is 5.10. The normalized spacial score (nSPS) is 23.5. The van der Waals surface area contributed by atoms with E-state index in [-0.39, 0.29) is 17.3 Å². The van der Waals surface area contributed by atoms with Crippen LogP contribution in [-0.4, -0.2) is 59.0 Å². The third kappa shape index (κ3) is 6.20. The van der Waals surface area contributed by atoms with Crippen molar-refractivity contribution in [2.75, 3.05) is 31.2 Å². The van der Waals surface area contributed by atoms with Crippen molar-refractivity contribution in [3.05, 3.63) is 0 Å². The molecule has 0 saturated carbocycles. The molecular formula is C16H30INO4. The average Bonchev–Trinajstić information content (AvgIpc) is 2.44. The summed E-state index contributed by atoms with van der Waals surface area (Å²) >= 11 is 2.34.